The second-order valence-corrected chi connectivity index (χ2v) is 8.42. The summed E-state index contributed by atoms with van der Waals surface area (Å²) in [5.74, 6) is 1.00. The van der Waals surface area contributed by atoms with Gasteiger partial charge in [-0.1, -0.05) is 12.1 Å². The monoisotopic (exact) mass is 415 g/mol. The van der Waals surface area contributed by atoms with Gasteiger partial charge in [-0.15, -0.1) is 0 Å². The van der Waals surface area contributed by atoms with Crippen LogP contribution in [-0.4, -0.2) is 90.2 Å². The van der Waals surface area contributed by atoms with Crippen molar-refractivity contribution in [2.75, 3.05) is 40.3 Å². The first-order chi connectivity index (χ1) is 14.3. The Morgan fingerprint density at radius 3 is 2.80 bits per heavy atom. The maximum Gasteiger partial charge on any atom is 0.323 e. The molecule has 0 saturated carbocycles. The Labute approximate surface area is 176 Å². The van der Waals surface area contributed by atoms with Crippen LogP contribution >= 0.6 is 0 Å². The van der Waals surface area contributed by atoms with Crippen molar-refractivity contribution >= 4 is 18.0 Å². The Morgan fingerprint density at radius 2 is 2.03 bits per heavy atom. The van der Waals surface area contributed by atoms with E-state index in [1.165, 1.54) is 14.7 Å². The molecule has 0 aromatic heterocycles. The van der Waals surface area contributed by atoms with Crippen LogP contribution in [-0.2, 0) is 4.79 Å². The number of fused-ring (bicyclic) bond motifs is 1. The molecular weight excluding hydrogens is 386 g/mol. The molecule has 4 rings (SSSR count). The fourth-order valence-corrected chi connectivity index (χ4v) is 4.53. The predicted octanol–water partition coefficient (Wildman–Crippen LogP) is 1.29. The Morgan fingerprint density at radius 1 is 1.23 bits per heavy atom. The molecule has 1 aromatic rings. The lowest BCUT2D eigenvalue weighted by Crippen LogP contribution is -2.51. The van der Waals surface area contributed by atoms with E-state index in [0.717, 1.165) is 24.2 Å². The van der Waals surface area contributed by atoms with E-state index >= 15 is 0 Å². The number of urea groups is 2. The Balaban J connectivity index is 1.34. The zero-order chi connectivity index (χ0) is 21.4. The lowest BCUT2D eigenvalue weighted by Gasteiger charge is -2.34. The zero-order valence-corrected chi connectivity index (χ0v) is 17.7. The summed E-state index contributed by atoms with van der Waals surface area (Å²) in [5, 5.41) is 2.80. The number of nitrogens with zero attached hydrogens (tertiary/aromatic N) is 4. The van der Waals surface area contributed by atoms with Crippen LogP contribution in [0.15, 0.2) is 24.3 Å². The third-order valence-electron chi connectivity index (χ3n) is 6.20. The van der Waals surface area contributed by atoms with Crippen molar-refractivity contribution in [2.45, 2.75) is 32.1 Å². The summed E-state index contributed by atoms with van der Waals surface area (Å²) in [7, 11) is 3.30. The van der Waals surface area contributed by atoms with Gasteiger partial charge in [0.25, 0.3) is 0 Å². The fraction of sp³-hybridized carbons (Fsp3) is 0.571. The number of benzene rings is 1. The molecule has 1 N–H and O–H groups in total. The second kappa shape index (κ2) is 8.04. The first-order valence-corrected chi connectivity index (χ1v) is 10.4. The minimum atomic E-state index is -0.468. The van der Waals surface area contributed by atoms with Crippen LogP contribution in [0, 0.1) is 12.8 Å². The fourth-order valence-electron chi connectivity index (χ4n) is 4.53. The van der Waals surface area contributed by atoms with Crippen molar-refractivity contribution in [3.05, 3.63) is 29.8 Å². The summed E-state index contributed by atoms with van der Waals surface area (Å²) in [6, 6.07) is 7.45. The summed E-state index contributed by atoms with van der Waals surface area (Å²) in [6.45, 7) is 3.84. The van der Waals surface area contributed by atoms with E-state index in [-0.39, 0.29) is 30.4 Å². The van der Waals surface area contributed by atoms with Crippen LogP contribution in [0.2, 0.25) is 0 Å². The van der Waals surface area contributed by atoms with Gasteiger partial charge in [0.2, 0.25) is 5.91 Å². The third-order valence-corrected chi connectivity index (χ3v) is 6.20. The number of ether oxygens (including phenoxy) is 1. The largest absolute Gasteiger partial charge is 0.493 e. The maximum absolute atomic E-state index is 13.0. The molecule has 0 bridgehead atoms. The van der Waals surface area contributed by atoms with E-state index in [0.29, 0.717) is 19.7 Å². The van der Waals surface area contributed by atoms with Crippen molar-refractivity contribution in [1.29, 1.82) is 0 Å². The molecule has 30 heavy (non-hydrogen) atoms. The Hall–Kier alpha value is -2.97. The van der Waals surface area contributed by atoms with Gasteiger partial charge in [-0.25, -0.2) is 9.59 Å². The first kappa shape index (κ1) is 20.3. The topological polar surface area (TPSA) is 85.4 Å². The highest BCUT2D eigenvalue weighted by atomic mass is 16.5. The van der Waals surface area contributed by atoms with Gasteiger partial charge < -0.3 is 24.8 Å². The lowest BCUT2D eigenvalue weighted by atomic mass is 9.99. The van der Waals surface area contributed by atoms with Gasteiger partial charge in [0.1, 0.15) is 24.6 Å². The molecule has 9 nitrogen and oxygen atoms in total. The summed E-state index contributed by atoms with van der Waals surface area (Å²) in [6.07, 6.45) is 1.02. The van der Waals surface area contributed by atoms with Crippen LogP contribution < -0.4 is 10.1 Å². The smallest absolute Gasteiger partial charge is 0.323 e. The number of rotatable bonds is 5. The highest BCUT2D eigenvalue weighted by Crippen LogP contribution is 2.27. The molecule has 1 aromatic carbocycles. The number of aryl methyl sites for hydroxylation is 1. The molecule has 5 amide bonds. The highest BCUT2D eigenvalue weighted by molar-refractivity contribution is 5.88. The summed E-state index contributed by atoms with van der Waals surface area (Å²) >= 11 is 0. The highest BCUT2D eigenvalue weighted by Gasteiger charge is 2.53. The number of amides is 5. The number of hydrogen-bond donors (Lipinski definition) is 1. The van der Waals surface area contributed by atoms with Crippen molar-refractivity contribution in [1.82, 2.24) is 24.9 Å². The summed E-state index contributed by atoms with van der Waals surface area (Å²) in [4.78, 5) is 43.8. The van der Waals surface area contributed by atoms with Crippen molar-refractivity contribution in [2.24, 2.45) is 5.92 Å². The van der Waals surface area contributed by atoms with Crippen LogP contribution in [0.1, 0.15) is 18.4 Å². The molecule has 3 aliphatic heterocycles. The van der Waals surface area contributed by atoms with E-state index in [9.17, 15) is 14.4 Å². The summed E-state index contributed by atoms with van der Waals surface area (Å²) in [5.41, 5.74) is 1.15. The van der Waals surface area contributed by atoms with Gasteiger partial charge in [-0.3, -0.25) is 9.69 Å². The number of piperidine rings is 1. The SMILES string of the molecule is Cc1cccc(OCC2CCCN(C(=O)CN3C(=O)NC4C3N(C)C(=O)N4C)C2)c1. The molecule has 3 aliphatic rings. The Kier molecular flexibility index (Phi) is 5.44. The minimum Gasteiger partial charge on any atom is -0.493 e. The van der Waals surface area contributed by atoms with Gasteiger partial charge >= 0.3 is 12.1 Å². The van der Waals surface area contributed by atoms with E-state index in [1.807, 2.05) is 36.1 Å². The molecule has 3 fully saturated rings. The van der Waals surface area contributed by atoms with Crippen molar-refractivity contribution in [3.63, 3.8) is 0 Å². The average molecular weight is 415 g/mol. The van der Waals surface area contributed by atoms with Crippen LogP contribution in [0.3, 0.4) is 0 Å². The van der Waals surface area contributed by atoms with Crippen LogP contribution in [0.4, 0.5) is 9.59 Å². The van der Waals surface area contributed by atoms with Gasteiger partial charge in [-0.05, 0) is 37.5 Å². The van der Waals surface area contributed by atoms with Gasteiger partial charge in [0.05, 0.1) is 6.61 Å². The number of carbonyl (C=O) groups is 3. The molecular formula is C21H29N5O4. The van der Waals surface area contributed by atoms with E-state index in [4.69, 9.17) is 4.74 Å². The van der Waals surface area contributed by atoms with Crippen molar-refractivity contribution < 1.29 is 19.1 Å². The quantitative estimate of drug-likeness (QED) is 0.785. The molecule has 0 aliphatic carbocycles. The lowest BCUT2D eigenvalue weighted by molar-refractivity contribution is -0.134. The standard InChI is InChI=1S/C21H29N5O4/c1-14-6-4-8-16(10-14)30-13-15-7-5-9-25(11-15)17(27)12-26-19-18(22-20(26)28)23(2)21(29)24(19)3/h4,6,8,10,15,18-19H,5,7,9,11-13H2,1-3H3,(H,22,28). The van der Waals surface area contributed by atoms with E-state index in [1.54, 1.807) is 14.1 Å². The van der Waals surface area contributed by atoms with Crippen LogP contribution in [0.25, 0.3) is 0 Å². The zero-order valence-electron chi connectivity index (χ0n) is 17.7. The van der Waals surface area contributed by atoms with E-state index < -0.39 is 12.3 Å². The average Bonchev–Trinajstić information content (AvgIpc) is 3.16. The summed E-state index contributed by atoms with van der Waals surface area (Å²) < 4.78 is 5.94. The Bertz CT molecular complexity index is 846. The minimum absolute atomic E-state index is 0.0378. The predicted molar refractivity (Wildman–Crippen MR) is 110 cm³/mol. The van der Waals surface area contributed by atoms with Gasteiger partial charge in [0.15, 0.2) is 0 Å². The molecule has 3 unspecified atom stereocenters. The normalized spacial score (nSPS) is 26.2. The van der Waals surface area contributed by atoms with Crippen molar-refractivity contribution in [3.8, 4) is 5.75 Å². The first-order valence-electron chi connectivity index (χ1n) is 10.4. The van der Waals surface area contributed by atoms with Gasteiger partial charge in [0, 0.05) is 33.1 Å². The molecule has 0 spiro atoms. The van der Waals surface area contributed by atoms with Gasteiger partial charge in [-0.2, -0.15) is 0 Å². The molecule has 0 radical (unpaired) electrons. The molecule has 3 heterocycles. The van der Waals surface area contributed by atoms with E-state index in [2.05, 4.69) is 5.32 Å². The molecule has 162 valence electrons. The molecule has 9 heteroatoms. The number of nitrogens with one attached hydrogen (secondary N) is 1. The third kappa shape index (κ3) is 3.76. The number of likely N-dealkylation sites (tertiary alicyclic amines) is 1. The molecule has 3 saturated heterocycles. The van der Waals surface area contributed by atoms with Crippen LogP contribution in [0.5, 0.6) is 5.75 Å². The second-order valence-electron chi connectivity index (χ2n) is 8.42. The molecule has 3 atom stereocenters. The number of hydrogen-bond acceptors (Lipinski definition) is 4. The number of likely N-dealkylation sites (N-methyl/N-ethyl adjacent to an activating group) is 2. The maximum atomic E-state index is 13.0. The number of carbonyl (C=O) groups excluding carboxylic acids is 3.